The number of rotatable bonds is 0. The van der Waals surface area contributed by atoms with Gasteiger partial charge >= 0.3 is 0 Å². The molecule has 2 aromatic carbocycles. The number of hydrogen-bond donors (Lipinski definition) is 0. The third kappa shape index (κ3) is 3.78. The topological polar surface area (TPSA) is 25.2 Å². The fraction of sp³-hybridized carbons (Fsp3) is 0.200. The molecule has 0 saturated heterocycles. The van der Waals surface area contributed by atoms with Crippen LogP contribution < -0.4 is 0 Å². The van der Waals surface area contributed by atoms with Gasteiger partial charge in [-0.25, -0.2) is 0 Å². The van der Waals surface area contributed by atoms with Crippen molar-refractivity contribution in [3.05, 3.63) is 71.4 Å². The van der Waals surface area contributed by atoms with E-state index < -0.39 is 0 Å². The maximum Gasteiger partial charge on any atom is 0.0701 e. The summed E-state index contributed by atoms with van der Waals surface area (Å²) in [5.74, 6) is 0. The Bertz CT molecular complexity index is 822. The van der Waals surface area contributed by atoms with Crippen LogP contribution in [0.4, 0.5) is 5.69 Å². The number of pyridine rings is 1. The first kappa shape index (κ1) is 18.9. The Morgan fingerprint density at radius 1 is 0.958 bits per heavy atom. The summed E-state index contributed by atoms with van der Waals surface area (Å²) in [5.41, 5.74) is 4.58. The summed E-state index contributed by atoms with van der Waals surface area (Å²) in [4.78, 5) is 8.68. The highest BCUT2D eigenvalue weighted by atomic mass is 127. The van der Waals surface area contributed by atoms with Gasteiger partial charge in [0, 0.05) is 27.7 Å². The zero-order valence-corrected chi connectivity index (χ0v) is 17.0. The molecule has 0 spiro atoms. The molecule has 124 valence electrons. The van der Waals surface area contributed by atoms with Crippen LogP contribution in [0.1, 0.15) is 26.3 Å². The van der Waals surface area contributed by atoms with Gasteiger partial charge in [0.05, 0.1) is 11.2 Å². The lowest BCUT2D eigenvalue weighted by Crippen LogP contribution is -2.22. The number of aromatic nitrogens is 1. The summed E-state index contributed by atoms with van der Waals surface area (Å²) in [6.45, 7) is 6.44. The zero-order chi connectivity index (χ0) is 16.4. The van der Waals surface area contributed by atoms with Gasteiger partial charge in [0.15, 0.2) is 0 Å². The number of fused-ring (bicyclic) bond motifs is 2. The van der Waals surface area contributed by atoms with Crippen LogP contribution in [0, 0.1) is 0 Å². The van der Waals surface area contributed by atoms with Crippen molar-refractivity contribution >= 4 is 57.9 Å². The van der Waals surface area contributed by atoms with E-state index >= 15 is 0 Å². The predicted molar refractivity (Wildman–Crippen MR) is 114 cm³/mol. The van der Waals surface area contributed by atoms with Crippen LogP contribution in [-0.2, 0) is 5.41 Å². The van der Waals surface area contributed by atoms with Gasteiger partial charge in [-0.2, -0.15) is 0 Å². The number of nitrogens with zero attached hydrogens (tertiary/aromatic N) is 2. The molecule has 4 heteroatoms. The molecule has 0 saturated carbocycles. The highest BCUT2D eigenvalue weighted by molar-refractivity contribution is 14.0. The van der Waals surface area contributed by atoms with E-state index in [1.165, 1.54) is 10.9 Å². The zero-order valence-electron chi connectivity index (χ0n) is 14.0. The van der Waals surface area contributed by atoms with Gasteiger partial charge in [-0.15, -0.1) is 24.0 Å². The van der Waals surface area contributed by atoms with E-state index in [2.05, 4.69) is 48.9 Å². The van der Waals surface area contributed by atoms with Crippen molar-refractivity contribution in [2.24, 2.45) is 4.99 Å². The molecule has 0 amide bonds. The minimum atomic E-state index is 0. The molecule has 2 heterocycles. The van der Waals surface area contributed by atoms with Gasteiger partial charge in [0.2, 0.25) is 0 Å². The molecule has 2 nitrogen and oxygen atoms in total. The van der Waals surface area contributed by atoms with Crippen molar-refractivity contribution in [1.82, 2.24) is 4.98 Å². The molecule has 4 rings (SSSR count). The van der Waals surface area contributed by atoms with Crippen molar-refractivity contribution in [1.29, 1.82) is 0 Å². The summed E-state index contributed by atoms with van der Waals surface area (Å²) < 4.78 is 0. The molecule has 0 atom stereocenters. The van der Waals surface area contributed by atoms with E-state index in [-0.39, 0.29) is 29.4 Å². The molecule has 0 N–H and O–H groups in total. The van der Waals surface area contributed by atoms with E-state index in [1.807, 2.05) is 42.6 Å². The minimum absolute atomic E-state index is 0. The smallest absolute Gasteiger partial charge is 0.0701 e. The summed E-state index contributed by atoms with van der Waals surface area (Å²) in [5, 5.41) is 1.96. The number of aliphatic imine (C=N–C) groups is 1. The molecular weight excluding hydrogens is 431 g/mol. The number of benzene rings is 2. The van der Waals surface area contributed by atoms with Gasteiger partial charge in [0.25, 0.3) is 0 Å². The highest BCUT2D eigenvalue weighted by Crippen LogP contribution is 2.40. The van der Waals surface area contributed by atoms with Crippen LogP contribution in [-0.4, -0.2) is 10.7 Å². The van der Waals surface area contributed by atoms with Crippen molar-refractivity contribution < 1.29 is 0 Å². The molecule has 1 aliphatic rings. The van der Waals surface area contributed by atoms with Crippen LogP contribution >= 0.6 is 35.6 Å². The Labute approximate surface area is 165 Å². The molecule has 3 aromatic rings. The number of halogens is 2. The Kier molecular flexibility index (Phi) is 5.99. The number of hydrogen-bond acceptors (Lipinski definition) is 2. The third-order valence-electron chi connectivity index (χ3n) is 4.34. The second-order valence-electron chi connectivity index (χ2n) is 6.18. The van der Waals surface area contributed by atoms with Gasteiger partial charge in [-0.1, -0.05) is 55.8 Å². The quantitative estimate of drug-likeness (QED) is 0.355. The Hall–Kier alpha value is -1.46. The van der Waals surface area contributed by atoms with Crippen LogP contribution in [0.2, 0.25) is 5.02 Å². The van der Waals surface area contributed by atoms with Crippen molar-refractivity contribution in [2.45, 2.75) is 26.2 Å². The van der Waals surface area contributed by atoms with E-state index in [1.54, 1.807) is 0 Å². The first-order valence-electron chi connectivity index (χ1n) is 7.64. The fourth-order valence-corrected chi connectivity index (χ4v) is 2.82. The molecule has 0 radical (unpaired) electrons. The maximum absolute atomic E-state index is 5.89. The van der Waals surface area contributed by atoms with E-state index in [0.29, 0.717) is 0 Å². The maximum atomic E-state index is 5.89. The summed E-state index contributed by atoms with van der Waals surface area (Å²) in [7, 11) is 0. The van der Waals surface area contributed by atoms with E-state index in [4.69, 9.17) is 11.6 Å². The van der Waals surface area contributed by atoms with E-state index in [9.17, 15) is 0 Å². The molecule has 24 heavy (non-hydrogen) atoms. The molecular formula is C20H20ClIN2. The summed E-state index contributed by atoms with van der Waals surface area (Å²) in [6.07, 6.45) is 1.81. The van der Waals surface area contributed by atoms with Crippen molar-refractivity contribution in [3.63, 3.8) is 0 Å². The Morgan fingerprint density at radius 3 is 2.42 bits per heavy atom. The lowest BCUT2D eigenvalue weighted by Gasteiger charge is -2.19. The predicted octanol–water partition coefficient (Wildman–Crippen LogP) is 6.58. The average Bonchev–Trinajstić information content (AvgIpc) is 2.77. The average molecular weight is 451 g/mol. The van der Waals surface area contributed by atoms with Gasteiger partial charge < -0.3 is 0 Å². The molecule has 0 aliphatic carbocycles. The Balaban J connectivity index is 0.000000172. The monoisotopic (exact) mass is 450 g/mol. The minimum Gasteiger partial charge on any atom is -0.257 e. The first-order chi connectivity index (χ1) is 11.0. The Morgan fingerprint density at radius 2 is 1.67 bits per heavy atom. The van der Waals surface area contributed by atoms with Crippen LogP contribution in [0.15, 0.2) is 65.8 Å². The first-order valence-corrected chi connectivity index (χ1v) is 8.02. The lowest BCUT2D eigenvalue weighted by atomic mass is 9.82. The normalized spacial score (nSPS) is 14.1. The SMILES string of the molecule is CC1=Nc2cc(Cl)ccc2C1(C)C.I.c1ccc2ncccc2c1. The van der Waals surface area contributed by atoms with Gasteiger partial charge in [0.1, 0.15) is 0 Å². The van der Waals surface area contributed by atoms with Crippen LogP contribution in [0.3, 0.4) is 0 Å². The standard InChI is InChI=1S/C11H12ClN.C9H7N.HI/c1-7-11(2,3)9-5-4-8(12)6-10(9)13-7;1-2-6-9-8(4-1)5-3-7-10-9;/h4-6H,1-3H3;1-7H;1H. The van der Waals surface area contributed by atoms with Gasteiger partial charge in [-0.3, -0.25) is 9.98 Å². The van der Waals surface area contributed by atoms with Crippen molar-refractivity contribution in [2.75, 3.05) is 0 Å². The van der Waals surface area contributed by atoms with Gasteiger partial charge in [-0.05, 0) is 36.8 Å². The molecule has 1 aliphatic heterocycles. The molecule has 0 unspecified atom stereocenters. The second-order valence-corrected chi connectivity index (χ2v) is 6.62. The summed E-state index contributed by atoms with van der Waals surface area (Å²) >= 11 is 5.89. The molecule has 1 aromatic heterocycles. The lowest BCUT2D eigenvalue weighted by molar-refractivity contribution is 0.733. The van der Waals surface area contributed by atoms with Crippen LogP contribution in [0.25, 0.3) is 10.9 Å². The van der Waals surface area contributed by atoms with Crippen molar-refractivity contribution in [3.8, 4) is 0 Å². The van der Waals surface area contributed by atoms with Crippen LogP contribution in [0.5, 0.6) is 0 Å². The fourth-order valence-electron chi connectivity index (χ4n) is 2.66. The molecule has 0 fully saturated rings. The second kappa shape index (κ2) is 7.62. The largest absolute Gasteiger partial charge is 0.257 e. The third-order valence-corrected chi connectivity index (χ3v) is 4.57. The number of para-hydroxylation sites is 1. The summed E-state index contributed by atoms with van der Waals surface area (Å²) in [6, 6.07) is 18.0. The molecule has 0 bridgehead atoms. The van der Waals surface area contributed by atoms with E-state index in [0.717, 1.165) is 21.9 Å². The highest BCUT2D eigenvalue weighted by Gasteiger charge is 2.31.